The predicted octanol–water partition coefficient (Wildman–Crippen LogP) is 2.41. The molecule has 2 N–H and O–H groups in total. The predicted molar refractivity (Wildman–Crippen MR) is 56.7 cm³/mol. The van der Waals surface area contributed by atoms with Gasteiger partial charge in [-0.2, -0.15) is 0 Å². The minimum atomic E-state index is 0.508. The van der Waals surface area contributed by atoms with Crippen molar-refractivity contribution in [3.63, 3.8) is 0 Å². The van der Waals surface area contributed by atoms with Crippen LogP contribution in [0.25, 0.3) is 5.57 Å². The van der Waals surface area contributed by atoms with E-state index in [-0.39, 0.29) is 0 Å². The Hall–Kier alpha value is -0.860. The molecule has 1 aromatic rings. The molecular weight excluding hydrogens is 184 g/mol. The summed E-state index contributed by atoms with van der Waals surface area (Å²) in [6.45, 7) is 6.45. The molecule has 0 fully saturated rings. The van der Waals surface area contributed by atoms with Gasteiger partial charge in [0.2, 0.25) is 0 Å². The first kappa shape index (κ1) is 10.2. The zero-order valence-electron chi connectivity index (χ0n) is 7.68. The minimum Gasteiger partial charge on any atom is -0.330 e. The van der Waals surface area contributed by atoms with Crippen LogP contribution in [-0.4, -0.2) is 11.5 Å². The summed E-state index contributed by atoms with van der Waals surface area (Å²) in [6, 6.07) is 3.77. The fourth-order valence-corrected chi connectivity index (χ4v) is 1.40. The molecule has 0 saturated heterocycles. The maximum Gasteiger partial charge on any atom is 0.129 e. The van der Waals surface area contributed by atoms with Gasteiger partial charge in [0.15, 0.2) is 0 Å². The third kappa shape index (κ3) is 2.83. The third-order valence-electron chi connectivity index (χ3n) is 1.78. The normalized spacial score (nSPS) is 10.1. The number of halogens is 1. The summed E-state index contributed by atoms with van der Waals surface area (Å²) in [6.07, 6.45) is 0.791. The Morgan fingerprint density at radius 1 is 1.62 bits per heavy atom. The van der Waals surface area contributed by atoms with Crippen molar-refractivity contribution in [1.82, 2.24) is 4.98 Å². The van der Waals surface area contributed by atoms with Crippen LogP contribution in [0.5, 0.6) is 0 Å². The van der Waals surface area contributed by atoms with E-state index in [0.29, 0.717) is 11.7 Å². The van der Waals surface area contributed by atoms with Gasteiger partial charge in [0.05, 0.1) is 0 Å². The van der Waals surface area contributed by atoms with E-state index in [1.807, 2.05) is 19.1 Å². The number of hydrogen-bond donors (Lipinski definition) is 1. The van der Waals surface area contributed by atoms with E-state index in [1.165, 1.54) is 0 Å². The smallest absolute Gasteiger partial charge is 0.129 e. The number of rotatable bonds is 3. The van der Waals surface area contributed by atoms with E-state index in [0.717, 1.165) is 23.3 Å². The molecule has 1 rings (SSSR count). The summed E-state index contributed by atoms with van der Waals surface area (Å²) in [4.78, 5) is 4.07. The van der Waals surface area contributed by atoms with Gasteiger partial charge in [-0.25, -0.2) is 4.98 Å². The highest BCUT2D eigenvalue weighted by Gasteiger charge is 2.01. The molecule has 0 bridgehead atoms. The topological polar surface area (TPSA) is 38.9 Å². The summed E-state index contributed by atoms with van der Waals surface area (Å²) < 4.78 is 0. The Morgan fingerprint density at radius 3 is 2.85 bits per heavy atom. The van der Waals surface area contributed by atoms with Crippen molar-refractivity contribution >= 4 is 17.2 Å². The first-order chi connectivity index (χ1) is 6.13. The van der Waals surface area contributed by atoms with Gasteiger partial charge in [-0.3, -0.25) is 0 Å². The highest BCUT2D eigenvalue weighted by Crippen LogP contribution is 2.19. The summed E-state index contributed by atoms with van der Waals surface area (Å²) in [5.74, 6) is 0. The van der Waals surface area contributed by atoms with Crippen molar-refractivity contribution in [2.75, 3.05) is 6.54 Å². The maximum absolute atomic E-state index is 5.81. The highest BCUT2D eigenvalue weighted by atomic mass is 35.5. The molecule has 0 atom stereocenters. The fourth-order valence-electron chi connectivity index (χ4n) is 1.15. The van der Waals surface area contributed by atoms with E-state index in [9.17, 15) is 0 Å². The zero-order valence-corrected chi connectivity index (χ0v) is 8.43. The van der Waals surface area contributed by atoms with Crippen LogP contribution in [-0.2, 0) is 0 Å². The molecule has 0 aromatic carbocycles. The Bertz CT molecular complexity index is 300. The molecule has 0 aliphatic heterocycles. The Labute approximate surface area is 83.4 Å². The monoisotopic (exact) mass is 196 g/mol. The van der Waals surface area contributed by atoms with Crippen LogP contribution in [0.3, 0.4) is 0 Å². The Kier molecular flexibility index (Phi) is 3.46. The van der Waals surface area contributed by atoms with Crippen LogP contribution in [0.15, 0.2) is 18.7 Å². The summed E-state index contributed by atoms with van der Waals surface area (Å²) >= 11 is 5.81. The number of aromatic nitrogens is 1. The van der Waals surface area contributed by atoms with Gasteiger partial charge < -0.3 is 5.73 Å². The van der Waals surface area contributed by atoms with E-state index in [4.69, 9.17) is 17.3 Å². The molecule has 1 heterocycles. The van der Waals surface area contributed by atoms with Gasteiger partial charge in [-0.15, -0.1) is 0 Å². The molecule has 0 saturated carbocycles. The molecule has 70 valence electrons. The van der Waals surface area contributed by atoms with Crippen molar-refractivity contribution < 1.29 is 0 Å². The lowest BCUT2D eigenvalue weighted by atomic mass is 10.1. The molecule has 0 aliphatic carbocycles. The number of nitrogens with zero attached hydrogens (tertiary/aromatic N) is 1. The van der Waals surface area contributed by atoms with E-state index < -0.39 is 0 Å². The fraction of sp³-hybridized carbons (Fsp3) is 0.300. The first-order valence-corrected chi connectivity index (χ1v) is 4.53. The average molecular weight is 197 g/mol. The van der Waals surface area contributed by atoms with Gasteiger partial charge in [0.25, 0.3) is 0 Å². The lowest BCUT2D eigenvalue weighted by Gasteiger charge is -2.05. The highest BCUT2D eigenvalue weighted by molar-refractivity contribution is 6.29. The number of aryl methyl sites for hydroxylation is 1. The Balaban J connectivity index is 2.94. The van der Waals surface area contributed by atoms with Crippen molar-refractivity contribution in [3.05, 3.63) is 35.1 Å². The molecule has 3 heteroatoms. The molecule has 0 aliphatic rings. The number of pyridine rings is 1. The minimum absolute atomic E-state index is 0.508. The SMILES string of the molecule is C=C(CCN)c1cc(C)nc(Cl)c1. The lowest BCUT2D eigenvalue weighted by molar-refractivity contribution is 1.02. The molecular formula is C10H13ClN2. The summed E-state index contributed by atoms with van der Waals surface area (Å²) in [5.41, 5.74) is 8.38. The van der Waals surface area contributed by atoms with E-state index in [2.05, 4.69) is 11.6 Å². The quantitative estimate of drug-likeness (QED) is 0.755. The average Bonchev–Trinajstić information content (AvgIpc) is 2.03. The molecule has 0 spiro atoms. The zero-order chi connectivity index (χ0) is 9.84. The van der Waals surface area contributed by atoms with Crippen LogP contribution >= 0.6 is 11.6 Å². The standard InChI is InChI=1S/C10H13ClN2/c1-7(3-4-12)9-5-8(2)13-10(11)6-9/h5-6H,1,3-4,12H2,2H3. The third-order valence-corrected chi connectivity index (χ3v) is 1.97. The van der Waals surface area contributed by atoms with Crippen molar-refractivity contribution in [2.24, 2.45) is 5.73 Å². The van der Waals surface area contributed by atoms with Gasteiger partial charge >= 0.3 is 0 Å². The van der Waals surface area contributed by atoms with Crippen molar-refractivity contribution in [1.29, 1.82) is 0 Å². The Morgan fingerprint density at radius 2 is 2.31 bits per heavy atom. The van der Waals surface area contributed by atoms with Crippen LogP contribution in [0.2, 0.25) is 5.15 Å². The molecule has 0 radical (unpaired) electrons. The van der Waals surface area contributed by atoms with E-state index >= 15 is 0 Å². The summed E-state index contributed by atoms with van der Waals surface area (Å²) in [5, 5.41) is 0.508. The van der Waals surface area contributed by atoms with E-state index in [1.54, 1.807) is 0 Å². The van der Waals surface area contributed by atoms with Gasteiger partial charge in [0.1, 0.15) is 5.15 Å². The maximum atomic E-state index is 5.81. The molecule has 0 unspecified atom stereocenters. The molecule has 0 amide bonds. The second-order valence-electron chi connectivity index (χ2n) is 2.96. The number of hydrogen-bond acceptors (Lipinski definition) is 2. The van der Waals surface area contributed by atoms with Crippen LogP contribution in [0.1, 0.15) is 17.7 Å². The van der Waals surface area contributed by atoms with Gasteiger partial charge in [0, 0.05) is 5.69 Å². The first-order valence-electron chi connectivity index (χ1n) is 4.16. The lowest BCUT2D eigenvalue weighted by Crippen LogP contribution is -1.99. The molecule has 2 nitrogen and oxygen atoms in total. The number of nitrogens with two attached hydrogens (primary N) is 1. The van der Waals surface area contributed by atoms with Crippen LogP contribution in [0.4, 0.5) is 0 Å². The van der Waals surface area contributed by atoms with Gasteiger partial charge in [-0.1, -0.05) is 18.2 Å². The van der Waals surface area contributed by atoms with Crippen LogP contribution < -0.4 is 5.73 Å². The largest absolute Gasteiger partial charge is 0.330 e. The molecule has 1 aromatic heterocycles. The second-order valence-corrected chi connectivity index (χ2v) is 3.35. The second kappa shape index (κ2) is 4.40. The van der Waals surface area contributed by atoms with Gasteiger partial charge in [-0.05, 0) is 43.2 Å². The van der Waals surface area contributed by atoms with Crippen molar-refractivity contribution in [3.8, 4) is 0 Å². The van der Waals surface area contributed by atoms with Crippen LogP contribution in [0, 0.1) is 6.92 Å². The molecule has 13 heavy (non-hydrogen) atoms. The summed E-state index contributed by atoms with van der Waals surface area (Å²) in [7, 11) is 0. The van der Waals surface area contributed by atoms with Crippen molar-refractivity contribution in [2.45, 2.75) is 13.3 Å².